The van der Waals surface area contributed by atoms with Crippen molar-refractivity contribution in [3.63, 3.8) is 0 Å². The average molecular weight is 288 g/mol. The largest absolute Gasteiger partial charge is 0.343 e. The minimum Gasteiger partial charge on any atom is -0.343 e. The highest BCUT2D eigenvalue weighted by Gasteiger charge is 2.03. The number of rotatable bonds is 2. The summed E-state index contributed by atoms with van der Waals surface area (Å²) in [5.74, 6) is 0. The third-order valence-electron chi connectivity index (χ3n) is 2.70. The Morgan fingerprint density at radius 3 is 3.00 bits per heavy atom. The van der Waals surface area contributed by atoms with Gasteiger partial charge in [0.05, 0.1) is 5.52 Å². The number of nitrogens with zero attached hydrogens (tertiary/aromatic N) is 3. The van der Waals surface area contributed by atoms with Crippen molar-refractivity contribution in [1.82, 2.24) is 14.5 Å². The first-order chi connectivity index (χ1) is 8.33. The molecule has 0 bridgehead atoms. The molecular formula is C13H10BrN3. The van der Waals surface area contributed by atoms with Crippen molar-refractivity contribution in [3.8, 4) is 0 Å². The Morgan fingerprint density at radius 1 is 1.24 bits per heavy atom. The van der Waals surface area contributed by atoms with E-state index in [2.05, 4.69) is 48.8 Å². The van der Waals surface area contributed by atoms with Crippen LogP contribution in [-0.4, -0.2) is 14.5 Å². The first-order valence-electron chi connectivity index (χ1n) is 5.32. The van der Waals surface area contributed by atoms with Crippen molar-refractivity contribution >= 4 is 26.8 Å². The van der Waals surface area contributed by atoms with Gasteiger partial charge in [-0.25, -0.2) is 4.98 Å². The molecule has 0 fully saturated rings. The molecule has 0 N–H and O–H groups in total. The van der Waals surface area contributed by atoms with Crippen LogP contribution in [0.1, 0.15) is 5.56 Å². The maximum absolute atomic E-state index is 4.22. The van der Waals surface area contributed by atoms with Gasteiger partial charge < -0.3 is 4.57 Å². The van der Waals surface area contributed by atoms with Crippen molar-refractivity contribution in [2.75, 3.05) is 0 Å². The van der Waals surface area contributed by atoms with Gasteiger partial charge in [0.1, 0.15) is 4.60 Å². The second kappa shape index (κ2) is 4.30. The second-order valence-corrected chi connectivity index (χ2v) is 4.68. The minimum absolute atomic E-state index is 0.827. The van der Waals surface area contributed by atoms with E-state index >= 15 is 0 Å². The SMILES string of the molecule is Brc1cc2c(ccn2Cc2cccnc2)cn1. The van der Waals surface area contributed by atoms with Crippen LogP contribution >= 0.6 is 15.9 Å². The highest BCUT2D eigenvalue weighted by atomic mass is 79.9. The summed E-state index contributed by atoms with van der Waals surface area (Å²) in [5.41, 5.74) is 2.37. The van der Waals surface area contributed by atoms with Gasteiger partial charge in [0.25, 0.3) is 0 Å². The molecule has 3 nitrogen and oxygen atoms in total. The van der Waals surface area contributed by atoms with Crippen LogP contribution in [0.25, 0.3) is 10.9 Å². The monoisotopic (exact) mass is 287 g/mol. The van der Waals surface area contributed by atoms with Crippen molar-refractivity contribution in [2.45, 2.75) is 6.54 Å². The van der Waals surface area contributed by atoms with E-state index in [4.69, 9.17) is 0 Å². The van der Waals surface area contributed by atoms with Gasteiger partial charge in [0.2, 0.25) is 0 Å². The topological polar surface area (TPSA) is 30.7 Å². The van der Waals surface area contributed by atoms with Crippen molar-refractivity contribution in [3.05, 3.63) is 59.2 Å². The average Bonchev–Trinajstić information content (AvgIpc) is 2.73. The Hall–Kier alpha value is -1.68. The minimum atomic E-state index is 0.827. The molecule has 0 radical (unpaired) electrons. The Bertz CT molecular complexity index is 646. The lowest BCUT2D eigenvalue weighted by Crippen LogP contribution is -1.98. The van der Waals surface area contributed by atoms with Gasteiger partial charge in [-0.3, -0.25) is 4.98 Å². The number of hydrogen-bond donors (Lipinski definition) is 0. The summed E-state index contributed by atoms with van der Waals surface area (Å²) in [6.45, 7) is 0.827. The van der Waals surface area contributed by atoms with Crippen molar-refractivity contribution in [1.29, 1.82) is 0 Å². The fourth-order valence-electron chi connectivity index (χ4n) is 1.88. The molecule has 0 saturated heterocycles. The fraction of sp³-hybridized carbons (Fsp3) is 0.0769. The lowest BCUT2D eigenvalue weighted by Gasteiger charge is -2.05. The number of pyridine rings is 2. The molecule has 3 rings (SSSR count). The molecule has 0 spiro atoms. The van der Waals surface area contributed by atoms with E-state index in [-0.39, 0.29) is 0 Å². The third kappa shape index (κ3) is 2.08. The molecule has 4 heteroatoms. The van der Waals surface area contributed by atoms with E-state index in [1.165, 1.54) is 11.1 Å². The molecule has 3 heterocycles. The zero-order chi connectivity index (χ0) is 11.7. The highest BCUT2D eigenvalue weighted by molar-refractivity contribution is 9.10. The van der Waals surface area contributed by atoms with Gasteiger partial charge in [-0.05, 0) is 39.7 Å². The molecule has 0 unspecified atom stereocenters. The summed E-state index contributed by atoms with van der Waals surface area (Å²) in [4.78, 5) is 8.35. The molecule has 0 atom stereocenters. The lowest BCUT2D eigenvalue weighted by molar-refractivity contribution is 0.831. The lowest BCUT2D eigenvalue weighted by atomic mass is 10.3. The predicted octanol–water partition coefficient (Wildman–Crippen LogP) is 3.24. The zero-order valence-electron chi connectivity index (χ0n) is 9.05. The number of halogens is 1. The standard InChI is InChI=1S/C13H10BrN3/c14-13-6-12-11(8-16-13)3-5-17(12)9-10-2-1-4-15-7-10/h1-8H,9H2. The zero-order valence-corrected chi connectivity index (χ0v) is 10.6. The van der Waals surface area contributed by atoms with Crippen molar-refractivity contribution in [2.24, 2.45) is 0 Å². The summed E-state index contributed by atoms with van der Waals surface area (Å²) >= 11 is 3.40. The summed E-state index contributed by atoms with van der Waals surface area (Å²) < 4.78 is 3.05. The molecule has 0 aliphatic heterocycles. The summed E-state index contributed by atoms with van der Waals surface area (Å²) in [5, 5.41) is 1.15. The molecule has 0 aromatic carbocycles. The van der Waals surface area contributed by atoms with Crippen LogP contribution in [0.15, 0.2) is 53.7 Å². The van der Waals surface area contributed by atoms with Crippen molar-refractivity contribution < 1.29 is 0 Å². The summed E-state index contributed by atoms with van der Waals surface area (Å²) in [7, 11) is 0. The number of aromatic nitrogens is 3. The van der Waals surface area contributed by atoms with Gasteiger partial charge in [-0.1, -0.05) is 6.07 Å². The van der Waals surface area contributed by atoms with Crippen LogP contribution in [0.3, 0.4) is 0 Å². The normalized spacial score (nSPS) is 10.9. The van der Waals surface area contributed by atoms with Crippen LogP contribution in [0, 0.1) is 0 Å². The smallest absolute Gasteiger partial charge is 0.108 e. The van der Waals surface area contributed by atoms with Gasteiger partial charge in [0.15, 0.2) is 0 Å². The predicted molar refractivity (Wildman–Crippen MR) is 70.8 cm³/mol. The summed E-state index contributed by atoms with van der Waals surface area (Å²) in [6, 6.07) is 8.14. The highest BCUT2D eigenvalue weighted by Crippen LogP contribution is 2.19. The van der Waals surface area contributed by atoms with Gasteiger partial charge >= 0.3 is 0 Å². The fourth-order valence-corrected chi connectivity index (χ4v) is 2.20. The Kier molecular flexibility index (Phi) is 2.65. The molecule has 0 amide bonds. The number of fused-ring (bicyclic) bond motifs is 1. The molecule has 84 valence electrons. The van der Waals surface area contributed by atoms with Crippen LogP contribution in [-0.2, 0) is 6.54 Å². The molecule has 3 aromatic rings. The van der Waals surface area contributed by atoms with Crippen LogP contribution < -0.4 is 0 Å². The molecule has 0 aliphatic carbocycles. The Morgan fingerprint density at radius 2 is 2.18 bits per heavy atom. The molecule has 3 aromatic heterocycles. The van der Waals surface area contributed by atoms with E-state index in [9.17, 15) is 0 Å². The van der Waals surface area contributed by atoms with Crippen LogP contribution in [0.4, 0.5) is 0 Å². The van der Waals surface area contributed by atoms with E-state index in [0.717, 1.165) is 16.5 Å². The van der Waals surface area contributed by atoms with E-state index < -0.39 is 0 Å². The van der Waals surface area contributed by atoms with E-state index in [1.54, 1.807) is 6.20 Å². The molecule has 0 saturated carbocycles. The Balaban J connectivity index is 2.03. The quantitative estimate of drug-likeness (QED) is 0.678. The molecule has 17 heavy (non-hydrogen) atoms. The maximum atomic E-state index is 4.22. The first-order valence-corrected chi connectivity index (χ1v) is 6.11. The van der Waals surface area contributed by atoms with E-state index in [0.29, 0.717) is 0 Å². The maximum Gasteiger partial charge on any atom is 0.108 e. The molecule has 0 aliphatic rings. The Labute approximate surface area is 107 Å². The van der Waals surface area contributed by atoms with Gasteiger partial charge in [0, 0.05) is 36.7 Å². The summed E-state index contributed by atoms with van der Waals surface area (Å²) in [6.07, 6.45) is 7.63. The van der Waals surface area contributed by atoms with E-state index in [1.807, 2.05) is 24.5 Å². The van der Waals surface area contributed by atoms with Crippen LogP contribution in [0.5, 0.6) is 0 Å². The second-order valence-electron chi connectivity index (χ2n) is 3.87. The van der Waals surface area contributed by atoms with Gasteiger partial charge in [-0.2, -0.15) is 0 Å². The first kappa shape index (κ1) is 10.5. The third-order valence-corrected chi connectivity index (χ3v) is 3.13. The molecular weight excluding hydrogens is 278 g/mol. The van der Waals surface area contributed by atoms with Crippen LogP contribution in [0.2, 0.25) is 0 Å². The number of hydrogen-bond acceptors (Lipinski definition) is 2. The van der Waals surface area contributed by atoms with Gasteiger partial charge in [-0.15, -0.1) is 0 Å².